The van der Waals surface area contributed by atoms with Crippen LogP contribution in [0.5, 0.6) is 0 Å². The third kappa shape index (κ3) is 4.43. The van der Waals surface area contributed by atoms with Gasteiger partial charge in [0, 0.05) is 33.0 Å². The van der Waals surface area contributed by atoms with Crippen LogP contribution in [0.1, 0.15) is 0 Å². The lowest BCUT2D eigenvalue weighted by Crippen LogP contribution is -2.00. The Hall–Kier alpha value is -6.13. The van der Waals surface area contributed by atoms with E-state index < -0.39 is 0 Å². The van der Waals surface area contributed by atoms with Crippen LogP contribution in [0.25, 0.3) is 88.8 Å². The molecule has 2 heterocycles. The number of para-hydroxylation sites is 1. The monoisotopic (exact) mass is 575 g/mol. The van der Waals surface area contributed by atoms with Gasteiger partial charge in [-0.3, -0.25) is 0 Å². The summed E-state index contributed by atoms with van der Waals surface area (Å²) in [6, 6.07) is 52.3. The Morgan fingerprint density at radius 1 is 0.356 bits per heavy atom. The average Bonchev–Trinajstić information content (AvgIpc) is 3.49. The normalized spacial score (nSPS) is 11.6. The molecule has 9 aromatic rings. The summed E-state index contributed by atoms with van der Waals surface area (Å²) in [7, 11) is 0. The van der Waals surface area contributed by atoms with E-state index in [4.69, 9.17) is 19.4 Å². The average molecular weight is 576 g/mol. The van der Waals surface area contributed by atoms with E-state index in [-0.39, 0.29) is 0 Å². The summed E-state index contributed by atoms with van der Waals surface area (Å²) in [6.07, 6.45) is 0. The van der Waals surface area contributed by atoms with Crippen molar-refractivity contribution in [3.63, 3.8) is 0 Å². The van der Waals surface area contributed by atoms with Crippen molar-refractivity contribution in [3.05, 3.63) is 152 Å². The molecular formula is C41H25N3O. The Morgan fingerprint density at radius 3 is 1.62 bits per heavy atom. The number of hydrogen-bond acceptors (Lipinski definition) is 4. The van der Waals surface area contributed by atoms with Gasteiger partial charge in [0.2, 0.25) is 0 Å². The number of furan rings is 1. The SMILES string of the molecule is c1ccc(-c2nc(-c3ccc4ccccc4c3)nc(-c3ccc4oc5c(-c6ccc7ccccc7c6)cccc5c4c3)n2)cc1. The topological polar surface area (TPSA) is 51.8 Å². The van der Waals surface area contributed by atoms with Crippen LogP contribution in [0.2, 0.25) is 0 Å². The molecule has 210 valence electrons. The molecule has 0 fully saturated rings. The van der Waals surface area contributed by atoms with E-state index in [2.05, 4.69) is 109 Å². The molecule has 4 heteroatoms. The van der Waals surface area contributed by atoms with E-state index in [1.54, 1.807) is 0 Å². The summed E-state index contributed by atoms with van der Waals surface area (Å²) in [5.41, 5.74) is 6.70. The van der Waals surface area contributed by atoms with Gasteiger partial charge in [-0.15, -0.1) is 0 Å². The minimum atomic E-state index is 0.619. The maximum atomic E-state index is 6.51. The predicted molar refractivity (Wildman–Crippen MR) is 184 cm³/mol. The standard InChI is InChI=1S/C41H25N3O/c1-2-11-28(12-3-1)39-42-40(32-20-18-27-10-5-7-14-30(27)24-32)44-41(43-39)33-21-22-37-36(25-33)35-16-8-15-34(38(35)45-37)31-19-17-26-9-4-6-13-29(26)23-31/h1-25H. The molecule has 0 atom stereocenters. The zero-order valence-corrected chi connectivity index (χ0v) is 24.2. The van der Waals surface area contributed by atoms with Crippen molar-refractivity contribution >= 4 is 43.5 Å². The highest BCUT2D eigenvalue weighted by Crippen LogP contribution is 2.38. The van der Waals surface area contributed by atoms with Crippen molar-refractivity contribution in [2.75, 3.05) is 0 Å². The highest BCUT2D eigenvalue weighted by molar-refractivity contribution is 6.11. The maximum absolute atomic E-state index is 6.51. The van der Waals surface area contributed by atoms with Crippen LogP contribution in [0.15, 0.2) is 156 Å². The third-order valence-corrected chi connectivity index (χ3v) is 8.49. The van der Waals surface area contributed by atoms with E-state index in [1.807, 2.05) is 42.5 Å². The molecule has 0 unspecified atom stereocenters. The predicted octanol–water partition coefficient (Wildman–Crippen LogP) is 10.7. The molecule has 0 saturated heterocycles. The Balaban J connectivity index is 1.21. The van der Waals surface area contributed by atoms with Gasteiger partial charge in [0.1, 0.15) is 11.2 Å². The smallest absolute Gasteiger partial charge is 0.164 e. The lowest BCUT2D eigenvalue weighted by Gasteiger charge is -2.09. The van der Waals surface area contributed by atoms with E-state index in [9.17, 15) is 0 Å². The molecule has 0 aliphatic heterocycles. The first-order valence-corrected chi connectivity index (χ1v) is 15.0. The Morgan fingerprint density at radius 2 is 0.911 bits per heavy atom. The molecule has 0 aliphatic carbocycles. The Kier molecular flexibility index (Phi) is 5.78. The molecule has 0 saturated carbocycles. The molecule has 9 rings (SSSR count). The second kappa shape index (κ2) is 10.2. The first kappa shape index (κ1) is 25.4. The molecular weight excluding hydrogens is 550 g/mol. The number of nitrogens with zero attached hydrogens (tertiary/aromatic N) is 3. The number of aromatic nitrogens is 3. The minimum Gasteiger partial charge on any atom is -0.455 e. The van der Waals surface area contributed by atoms with Crippen molar-refractivity contribution in [2.45, 2.75) is 0 Å². The van der Waals surface area contributed by atoms with Gasteiger partial charge in [0.05, 0.1) is 0 Å². The van der Waals surface area contributed by atoms with Crippen LogP contribution in [0, 0.1) is 0 Å². The van der Waals surface area contributed by atoms with Gasteiger partial charge in [-0.05, 0) is 57.4 Å². The van der Waals surface area contributed by atoms with Gasteiger partial charge in [-0.1, -0.05) is 121 Å². The van der Waals surface area contributed by atoms with Crippen molar-refractivity contribution in [1.29, 1.82) is 0 Å². The van der Waals surface area contributed by atoms with Gasteiger partial charge in [0.15, 0.2) is 17.5 Å². The summed E-state index contributed by atoms with van der Waals surface area (Å²) in [5.74, 6) is 1.90. The van der Waals surface area contributed by atoms with Crippen LogP contribution >= 0.6 is 0 Å². The van der Waals surface area contributed by atoms with E-state index >= 15 is 0 Å². The molecule has 0 amide bonds. The number of fused-ring (bicyclic) bond motifs is 5. The van der Waals surface area contributed by atoms with Gasteiger partial charge < -0.3 is 4.42 Å². The lowest BCUT2D eigenvalue weighted by molar-refractivity contribution is 0.670. The van der Waals surface area contributed by atoms with Crippen LogP contribution in [0.4, 0.5) is 0 Å². The molecule has 0 bridgehead atoms. The quantitative estimate of drug-likeness (QED) is 0.209. The number of hydrogen-bond donors (Lipinski definition) is 0. The number of rotatable bonds is 4. The molecule has 4 nitrogen and oxygen atoms in total. The fourth-order valence-corrected chi connectivity index (χ4v) is 6.20. The molecule has 7 aromatic carbocycles. The van der Waals surface area contributed by atoms with Crippen molar-refractivity contribution in [1.82, 2.24) is 15.0 Å². The first-order chi connectivity index (χ1) is 22.3. The number of benzene rings is 7. The fourth-order valence-electron chi connectivity index (χ4n) is 6.20. The summed E-state index contributed by atoms with van der Waals surface area (Å²) in [4.78, 5) is 14.9. The van der Waals surface area contributed by atoms with E-state index in [0.717, 1.165) is 55.1 Å². The second-order valence-corrected chi connectivity index (χ2v) is 11.3. The van der Waals surface area contributed by atoms with E-state index in [1.165, 1.54) is 16.2 Å². The second-order valence-electron chi connectivity index (χ2n) is 11.3. The van der Waals surface area contributed by atoms with Crippen molar-refractivity contribution < 1.29 is 4.42 Å². The Labute approximate surface area is 259 Å². The maximum Gasteiger partial charge on any atom is 0.164 e. The summed E-state index contributed by atoms with van der Waals surface area (Å²) >= 11 is 0. The summed E-state index contributed by atoms with van der Waals surface area (Å²) < 4.78 is 6.51. The lowest BCUT2D eigenvalue weighted by atomic mass is 9.99. The largest absolute Gasteiger partial charge is 0.455 e. The molecule has 45 heavy (non-hydrogen) atoms. The van der Waals surface area contributed by atoms with Gasteiger partial charge >= 0.3 is 0 Å². The third-order valence-electron chi connectivity index (χ3n) is 8.49. The fraction of sp³-hybridized carbons (Fsp3) is 0. The zero-order chi connectivity index (χ0) is 29.7. The Bertz CT molecular complexity index is 2550. The molecule has 0 spiro atoms. The van der Waals surface area contributed by atoms with E-state index in [0.29, 0.717) is 17.5 Å². The molecule has 0 radical (unpaired) electrons. The molecule has 2 aromatic heterocycles. The van der Waals surface area contributed by atoms with Crippen LogP contribution in [0.3, 0.4) is 0 Å². The highest BCUT2D eigenvalue weighted by Gasteiger charge is 2.16. The van der Waals surface area contributed by atoms with Crippen LogP contribution in [-0.4, -0.2) is 15.0 Å². The first-order valence-electron chi connectivity index (χ1n) is 15.0. The van der Waals surface area contributed by atoms with Gasteiger partial charge in [-0.2, -0.15) is 0 Å². The summed E-state index contributed by atoms with van der Waals surface area (Å²) in [6.45, 7) is 0. The molecule has 0 aliphatic rings. The van der Waals surface area contributed by atoms with Crippen molar-refractivity contribution in [3.8, 4) is 45.3 Å². The molecule has 0 N–H and O–H groups in total. The van der Waals surface area contributed by atoms with Crippen LogP contribution < -0.4 is 0 Å². The van der Waals surface area contributed by atoms with Gasteiger partial charge in [-0.25, -0.2) is 15.0 Å². The highest BCUT2D eigenvalue weighted by atomic mass is 16.3. The zero-order valence-electron chi connectivity index (χ0n) is 24.2. The van der Waals surface area contributed by atoms with Crippen LogP contribution in [-0.2, 0) is 0 Å². The van der Waals surface area contributed by atoms with Crippen molar-refractivity contribution in [2.24, 2.45) is 0 Å². The summed E-state index contributed by atoms with van der Waals surface area (Å²) in [5, 5.41) is 6.84. The van der Waals surface area contributed by atoms with Gasteiger partial charge in [0.25, 0.3) is 0 Å². The minimum absolute atomic E-state index is 0.619.